The van der Waals surface area contributed by atoms with E-state index in [4.69, 9.17) is 4.42 Å². The van der Waals surface area contributed by atoms with Crippen LogP contribution in [0, 0.1) is 0 Å². The monoisotopic (exact) mass is 127 g/mol. The summed E-state index contributed by atoms with van der Waals surface area (Å²) in [5, 5.41) is 10.2. The zero-order valence-corrected chi connectivity index (χ0v) is 5.29. The topological polar surface area (TPSA) is 51.0 Å². The van der Waals surface area contributed by atoms with E-state index in [1.807, 2.05) is 7.05 Å². The molecule has 0 spiro atoms. The molecule has 0 saturated carbocycles. The summed E-state index contributed by atoms with van der Waals surface area (Å²) in [5.41, 5.74) is 0. The van der Waals surface area contributed by atoms with Crippen LogP contribution in [0.2, 0.25) is 0 Å². The number of nitrogens with zero attached hydrogens (tertiary/aromatic N) is 2. The predicted molar refractivity (Wildman–Crippen MR) is 31.9 cm³/mol. The van der Waals surface area contributed by atoms with Gasteiger partial charge in [0.1, 0.15) is 0 Å². The Hall–Kier alpha value is -0.900. The summed E-state index contributed by atoms with van der Waals surface area (Å²) in [6.07, 6.45) is 2.14. The Morgan fingerprint density at radius 3 is 3.22 bits per heavy atom. The van der Waals surface area contributed by atoms with Crippen molar-refractivity contribution in [2.45, 2.75) is 6.42 Å². The Kier molecular flexibility index (Phi) is 2.21. The molecule has 4 nitrogen and oxygen atoms in total. The van der Waals surface area contributed by atoms with E-state index in [2.05, 4.69) is 15.5 Å². The van der Waals surface area contributed by atoms with Gasteiger partial charge in [0.15, 0.2) is 0 Å². The van der Waals surface area contributed by atoms with Crippen LogP contribution in [0.5, 0.6) is 0 Å². The van der Waals surface area contributed by atoms with Gasteiger partial charge in [-0.1, -0.05) is 0 Å². The van der Waals surface area contributed by atoms with E-state index < -0.39 is 0 Å². The molecule has 0 unspecified atom stereocenters. The standard InChI is InChI=1S/C5H9N3O/c1-6-3-2-5-8-7-4-9-5/h4,6H,2-3H2,1H3. The Morgan fingerprint density at radius 2 is 2.67 bits per heavy atom. The smallest absolute Gasteiger partial charge is 0.217 e. The Balaban J connectivity index is 2.30. The number of aromatic nitrogens is 2. The maximum absolute atomic E-state index is 4.87. The molecule has 1 N–H and O–H groups in total. The van der Waals surface area contributed by atoms with Crippen LogP contribution in [-0.4, -0.2) is 23.8 Å². The van der Waals surface area contributed by atoms with Crippen LogP contribution in [0.25, 0.3) is 0 Å². The van der Waals surface area contributed by atoms with Crippen LogP contribution < -0.4 is 5.32 Å². The van der Waals surface area contributed by atoms with E-state index in [-0.39, 0.29) is 0 Å². The fourth-order valence-corrected chi connectivity index (χ4v) is 0.537. The first-order valence-corrected chi connectivity index (χ1v) is 2.83. The third-order valence-electron chi connectivity index (χ3n) is 0.994. The molecule has 1 aromatic heterocycles. The van der Waals surface area contributed by atoms with E-state index in [1.54, 1.807) is 0 Å². The summed E-state index contributed by atoms with van der Waals surface area (Å²) in [6.45, 7) is 0.877. The van der Waals surface area contributed by atoms with Gasteiger partial charge >= 0.3 is 0 Å². The molecule has 0 aromatic carbocycles. The summed E-state index contributed by atoms with van der Waals surface area (Å²) >= 11 is 0. The first kappa shape index (κ1) is 6.22. The maximum Gasteiger partial charge on any atom is 0.217 e. The molecule has 1 aromatic rings. The van der Waals surface area contributed by atoms with Crippen LogP contribution in [-0.2, 0) is 6.42 Å². The minimum absolute atomic E-state index is 0.685. The highest BCUT2D eigenvalue weighted by Gasteiger charge is 1.94. The third-order valence-corrected chi connectivity index (χ3v) is 0.994. The van der Waals surface area contributed by atoms with Crippen molar-refractivity contribution in [3.05, 3.63) is 12.3 Å². The predicted octanol–water partition coefficient (Wildman–Crippen LogP) is -0.169. The van der Waals surface area contributed by atoms with Gasteiger partial charge in [-0.15, -0.1) is 10.2 Å². The fraction of sp³-hybridized carbons (Fsp3) is 0.600. The molecule has 0 amide bonds. The van der Waals surface area contributed by atoms with Crippen LogP contribution >= 0.6 is 0 Å². The van der Waals surface area contributed by atoms with E-state index in [0.29, 0.717) is 5.89 Å². The SMILES string of the molecule is CNCCc1nnco1. The van der Waals surface area contributed by atoms with E-state index >= 15 is 0 Å². The van der Waals surface area contributed by atoms with Gasteiger partial charge in [0.2, 0.25) is 12.3 Å². The van der Waals surface area contributed by atoms with E-state index in [0.717, 1.165) is 13.0 Å². The minimum Gasteiger partial charge on any atom is -0.428 e. The molecule has 0 fully saturated rings. The van der Waals surface area contributed by atoms with Gasteiger partial charge in [-0.2, -0.15) is 0 Å². The van der Waals surface area contributed by atoms with Crippen molar-refractivity contribution in [2.75, 3.05) is 13.6 Å². The van der Waals surface area contributed by atoms with E-state index in [9.17, 15) is 0 Å². The lowest BCUT2D eigenvalue weighted by atomic mass is 10.4. The molecule has 1 heterocycles. The molecule has 0 aliphatic carbocycles. The molecular weight excluding hydrogens is 118 g/mol. The molecule has 9 heavy (non-hydrogen) atoms. The number of hydrogen-bond donors (Lipinski definition) is 1. The van der Waals surface area contributed by atoms with Gasteiger partial charge in [0.05, 0.1) is 0 Å². The van der Waals surface area contributed by atoms with Crippen molar-refractivity contribution in [3.8, 4) is 0 Å². The minimum atomic E-state index is 0.685. The third kappa shape index (κ3) is 1.81. The number of likely N-dealkylation sites (N-methyl/N-ethyl adjacent to an activating group) is 1. The lowest BCUT2D eigenvalue weighted by molar-refractivity contribution is 0.488. The quantitative estimate of drug-likeness (QED) is 0.612. The van der Waals surface area contributed by atoms with Crippen molar-refractivity contribution in [3.63, 3.8) is 0 Å². The molecular formula is C5H9N3O. The lowest BCUT2D eigenvalue weighted by Gasteiger charge is -1.90. The first-order valence-electron chi connectivity index (χ1n) is 2.83. The van der Waals surface area contributed by atoms with Crippen molar-refractivity contribution in [1.82, 2.24) is 15.5 Å². The lowest BCUT2D eigenvalue weighted by Crippen LogP contribution is -2.10. The van der Waals surface area contributed by atoms with Crippen LogP contribution in [0.15, 0.2) is 10.8 Å². The van der Waals surface area contributed by atoms with Gasteiger partial charge in [-0.25, -0.2) is 0 Å². The van der Waals surface area contributed by atoms with Gasteiger partial charge in [-0.3, -0.25) is 0 Å². The first-order chi connectivity index (χ1) is 4.43. The Labute approximate surface area is 53.3 Å². The highest BCUT2D eigenvalue weighted by Crippen LogP contribution is 1.89. The van der Waals surface area contributed by atoms with Gasteiger partial charge < -0.3 is 9.73 Å². The average Bonchev–Trinajstić information content (AvgIpc) is 2.34. The Bertz CT molecular complexity index is 149. The summed E-state index contributed by atoms with van der Waals surface area (Å²) in [6, 6.07) is 0. The Morgan fingerprint density at radius 1 is 1.78 bits per heavy atom. The summed E-state index contributed by atoms with van der Waals surface area (Å²) in [5.74, 6) is 0.685. The maximum atomic E-state index is 4.87. The van der Waals surface area contributed by atoms with Crippen molar-refractivity contribution < 1.29 is 4.42 Å². The normalized spacial score (nSPS) is 9.89. The molecule has 0 saturated heterocycles. The highest BCUT2D eigenvalue weighted by atomic mass is 16.4. The molecule has 0 bridgehead atoms. The van der Waals surface area contributed by atoms with Gasteiger partial charge in [-0.05, 0) is 7.05 Å². The molecule has 1 rings (SSSR count). The molecule has 0 aliphatic heterocycles. The van der Waals surface area contributed by atoms with Crippen LogP contribution in [0.4, 0.5) is 0 Å². The summed E-state index contributed by atoms with van der Waals surface area (Å²) in [4.78, 5) is 0. The second-order valence-corrected chi connectivity index (χ2v) is 1.69. The second kappa shape index (κ2) is 3.19. The van der Waals surface area contributed by atoms with Crippen molar-refractivity contribution in [2.24, 2.45) is 0 Å². The zero-order chi connectivity index (χ0) is 6.53. The second-order valence-electron chi connectivity index (χ2n) is 1.69. The van der Waals surface area contributed by atoms with Crippen LogP contribution in [0.3, 0.4) is 0 Å². The molecule has 0 aliphatic rings. The van der Waals surface area contributed by atoms with Crippen molar-refractivity contribution in [1.29, 1.82) is 0 Å². The summed E-state index contributed by atoms with van der Waals surface area (Å²) < 4.78 is 4.87. The average molecular weight is 127 g/mol. The molecule has 0 radical (unpaired) electrons. The van der Waals surface area contributed by atoms with Crippen LogP contribution in [0.1, 0.15) is 5.89 Å². The summed E-state index contributed by atoms with van der Waals surface area (Å²) in [7, 11) is 1.89. The molecule has 50 valence electrons. The van der Waals surface area contributed by atoms with E-state index in [1.165, 1.54) is 6.39 Å². The number of nitrogens with one attached hydrogen (secondary N) is 1. The number of hydrogen-bond acceptors (Lipinski definition) is 4. The highest BCUT2D eigenvalue weighted by molar-refractivity contribution is 4.72. The molecule has 4 heteroatoms. The fourth-order valence-electron chi connectivity index (χ4n) is 0.537. The van der Waals surface area contributed by atoms with Crippen molar-refractivity contribution >= 4 is 0 Å². The van der Waals surface area contributed by atoms with Gasteiger partial charge in [0.25, 0.3) is 0 Å². The van der Waals surface area contributed by atoms with Gasteiger partial charge in [0, 0.05) is 13.0 Å². The molecule has 0 atom stereocenters. The zero-order valence-electron chi connectivity index (χ0n) is 5.29. The number of rotatable bonds is 3. The largest absolute Gasteiger partial charge is 0.428 e.